The van der Waals surface area contributed by atoms with Crippen molar-refractivity contribution in [1.29, 1.82) is 0 Å². The molecule has 0 spiro atoms. The predicted molar refractivity (Wildman–Crippen MR) is 185 cm³/mol. The molecule has 8 aromatic rings. The van der Waals surface area contributed by atoms with Gasteiger partial charge in [-0.05, 0) is 64.2 Å². The molecule has 0 atom stereocenters. The Balaban J connectivity index is 1.32. The Hall–Kier alpha value is -5.74. The van der Waals surface area contributed by atoms with Crippen molar-refractivity contribution in [2.45, 2.75) is 0 Å². The normalized spacial score (nSPS) is 13.3. The van der Waals surface area contributed by atoms with Gasteiger partial charge in [0.2, 0.25) is 0 Å². The molecule has 0 bridgehead atoms. The van der Waals surface area contributed by atoms with Gasteiger partial charge in [0.15, 0.2) is 0 Å². The summed E-state index contributed by atoms with van der Waals surface area (Å²) < 4.78 is 6.53. The molecule has 44 heavy (non-hydrogen) atoms. The first-order chi connectivity index (χ1) is 21.9. The van der Waals surface area contributed by atoms with E-state index < -0.39 is 0 Å². The lowest BCUT2D eigenvalue weighted by atomic mass is 9.33. The second-order valence-electron chi connectivity index (χ2n) is 11.7. The summed E-state index contributed by atoms with van der Waals surface area (Å²) in [5, 5.41) is 4.72. The lowest BCUT2D eigenvalue weighted by molar-refractivity contribution is 0.669. The first kappa shape index (κ1) is 23.8. The Morgan fingerprint density at radius 3 is 1.75 bits per heavy atom. The smallest absolute Gasteiger partial charge is 0.252 e. The number of para-hydroxylation sites is 4. The van der Waals surface area contributed by atoms with Crippen LogP contribution < -0.4 is 26.2 Å². The van der Waals surface area contributed by atoms with Crippen LogP contribution in [0.25, 0.3) is 32.7 Å². The number of benzene rings is 7. The summed E-state index contributed by atoms with van der Waals surface area (Å²) >= 11 is 0. The summed E-state index contributed by atoms with van der Waals surface area (Å²) in [7, 11) is 0. The summed E-state index contributed by atoms with van der Waals surface area (Å²) in [5.41, 5.74) is 12.9. The van der Waals surface area contributed by atoms with Crippen LogP contribution in [-0.4, -0.2) is 6.71 Å². The summed E-state index contributed by atoms with van der Waals surface area (Å²) in [6.45, 7) is 0.117. The standard InChI is InChI=1S/C40H25BN2O/c1-2-13-26(14-3-1)42-32-20-9-7-18-30(32)41-31-19-8-10-21-33(31)43(35-23-12-22-34(42)40(35)41)36-25-38-39(28-16-5-4-15-27(28)36)29-17-6-11-24-37(29)44-38/h1-25H. The molecular formula is C40H25BN2O. The van der Waals surface area contributed by atoms with Crippen LogP contribution in [-0.2, 0) is 0 Å². The zero-order chi connectivity index (χ0) is 28.8. The second kappa shape index (κ2) is 8.89. The van der Waals surface area contributed by atoms with Gasteiger partial charge >= 0.3 is 0 Å². The molecule has 0 radical (unpaired) electrons. The lowest BCUT2D eigenvalue weighted by Crippen LogP contribution is -2.61. The van der Waals surface area contributed by atoms with Crippen LogP contribution in [0.4, 0.5) is 34.1 Å². The Labute approximate surface area is 255 Å². The highest BCUT2D eigenvalue weighted by molar-refractivity contribution is 7.00. The molecule has 3 nitrogen and oxygen atoms in total. The molecule has 1 aromatic heterocycles. The van der Waals surface area contributed by atoms with Crippen molar-refractivity contribution in [2.24, 2.45) is 0 Å². The van der Waals surface area contributed by atoms with Gasteiger partial charge in [-0.25, -0.2) is 0 Å². The predicted octanol–water partition coefficient (Wildman–Crippen LogP) is 8.82. The van der Waals surface area contributed by atoms with Crippen molar-refractivity contribution in [1.82, 2.24) is 0 Å². The van der Waals surface area contributed by atoms with Crippen LogP contribution in [0, 0.1) is 0 Å². The molecular weight excluding hydrogens is 535 g/mol. The minimum absolute atomic E-state index is 0.117. The number of rotatable bonds is 2. The van der Waals surface area contributed by atoms with Gasteiger partial charge in [0.05, 0.1) is 5.69 Å². The Bertz CT molecular complexity index is 2430. The van der Waals surface area contributed by atoms with E-state index in [0.29, 0.717) is 0 Å². The molecule has 0 saturated heterocycles. The molecule has 0 amide bonds. The van der Waals surface area contributed by atoms with Gasteiger partial charge in [0.25, 0.3) is 6.71 Å². The topological polar surface area (TPSA) is 19.6 Å². The van der Waals surface area contributed by atoms with Crippen molar-refractivity contribution in [2.75, 3.05) is 9.80 Å². The van der Waals surface area contributed by atoms with E-state index in [9.17, 15) is 0 Å². The third kappa shape index (κ3) is 3.12. The Morgan fingerprint density at radius 2 is 0.977 bits per heavy atom. The summed E-state index contributed by atoms with van der Waals surface area (Å²) in [4.78, 5) is 4.90. The fourth-order valence-electron chi connectivity index (χ4n) is 7.71. The largest absolute Gasteiger partial charge is 0.456 e. The van der Waals surface area contributed by atoms with E-state index in [2.05, 4.69) is 155 Å². The van der Waals surface area contributed by atoms with Crippen LogP contribution in [0.3, 0.4) is 0 Å². The third-order valence-electron chi connectivity index (χ3n) is 9.43. The van der Waals surface area contributed by atoms with E-state index in [1.807, 2.05) is 6.07 Å². The van der Waals surface area contributed by atoms with Crippen molar-refractivity contribution in [3.63, 3.8) is 0 Å². The fourth-order valence-corrected chi connectivity index (χ4v) is 7.71. The van der Waals surface area contributed by atoms with Crippen LogP contribution in [0.15, 0.2) is 156 Å². The second-order valence-corrected chi connectivity index (χ2v) is 11.7. The van der Waals surface area contributed by atoms with Gasteiger partial charge in [0, 0.05) is 50.7 Å². The van der Waals surface area contributed by atoms with Gasteiger partial charge in [-0.1, -0.05) is 103 Å². The highest BCUT2D eigenvalue weighted by atomic mass is 16.3. The van der Waals surface area contributed by atoms with Crippen LogP contribution in [0.5, 0.6) is 0 Å². The van der Waals surface area contributed by atoms with E-state index in [4.69, 9.17) is 4.42 Å². The van der Waals surface area contributed by atoms with Crippen molar-refractivity contribution < 1.29 is 4.42 Å². The minimum atomic E-state index is 0.117. The van der Waals surface area contributed by atoms with E-state index in [1.165, 1.54) is 55.3 Å². The molecule has 0 fully saturated rings. The molecule has 10 rings (SSSR count). The number of hydrogen-bond acceptors (Lipinski definition) is 3. The highest BCUT2D eigenvalue weighted by Crippen LogP contribution is 2.47. The average molecular weight is 560 g/mol. The number of fused-ring (bicyclic) bond motifs is 9. The van der Waals surface area contributed by atoms with Gasteiger partial charge < -0.3 is 14.2 Å². The molecule has 4 heteroatoms. The Kier molecular flexibility index (Phi) is 4.80. The van der Waals surface area contributed by atoms with Gasteiger partial charge in [-0.3, -0.25) is 0 Å². The Morgan fingerprint density at radius 1 is 0.409 bits per heavy atom. The van der Waals surface area contributed by atoms with Crippen molar-refractivity contribution in [3.05, 3.63) is 152 Å². The maximum atomic E-state index is 6.53. The molecule has 0 unspecified atom stereocenters. The summed E-state index contributed by atoms with van der Waals surface area (Å²) in [5.74, 6) is 0. The molecule has 3 heterocycles. The number of furan rings is 1. The van der Waals surface area contributed by atoms with Gasteiger partial charge in [-0.2, -0.15) is 0 Å². The van der Waals surface area contributed by atoms with E-state index in [0.717, 1.165) is 27.9 Å². The molecule has 204 valence electrons. The SMILES string of the molecule is c1ccc(N2c3ccccc3B3c4ccccc4N(c4cc5oc6ccccc6c5c5ccccc45)c4cccc2c43)cc1. The number of hydrogen-bond donors (Lipinski definition) is 0. The third-order valence-corrected chi connectivity index (χ3v) is 9.43. The van der Waals surface area contributed by atoms with Crippen LogP contribution in [0.1, 0.15) is 0 Å². The molecule has 2 aliphatic heterocycles. The molecule has 7 aromatic carbocycles. The average Bonchev–Trinajstić information content (AvgIpc) is 3.47. The van der Waals surface area contributed by atoms with E-state index in [-0.39, 0.29) is 6.71 Å². The zero-order valence-corrected chi connectivity index (χ0v) is 23.8. The summed E-state index contributed by atoms with van der Waals surface area (Å²) in [6, 6.07) is 54.7. The van der Waals surface area contributed by atoms with Crippen LogP contribution in [0.2, 0.25) is 0 Å². The molecule has 0 saturated carbocycles. The van der Waals surface area contributed by atoms with E-state index >= 15 is 0 Å². The first-order valence-electron chi connectivity index (χ1n) is 15.2. The maximum absolute atomic E-state index is 6.53. The maximum Gasteiger partial charge on any atom is 0.252 e. The minimum Gasteiger partial charge on any atom is -0.456 e. The molecule has 0 N–H and O–H groups in total. The summed E-state index contributed by atoms with van der Waals surface area (Å²) in [6.07, 6.45) is 0. The fraction of sp³-hybridized carbons (Fsp3) is 0. The zero-order valence-electron chi connectivity index (χ0n) is 23.8. The van der Waals surface area contributed by atoms with Crippen molar-refractivity contribution in [3.8, 4) is 0 Å². The van der Waals surface area contributed by atoms with Gasteiger partial charge in [-0.15, -0.1) is 0 Å². The van der Waals surface area contributed by atoms with E-state index in [1.54, 1.807) is 0 Å². The van der Waals surface area contributed by atoms with Crippen molar-refractivity contribution >= 4 is 89.9 Å². The number of anilines is 6. The first-order valence-corrected chi connectivity index (χ1v) is 15.2. The van der Waals surface area contributed by atoms with Gasteiger partial charge in [0.1, 0.15) is 11.2 Å². The lowest BCUT2D eigenvalue weighted by Gasteiger charge is -2.44. The highest BCUT2D eigenvalue weighted by Gasteiger charge is 2.43. The molecule has 0 aliphatic carbocycles. The quantitative estimate of drug-likeness (QED) is 0.197. The number of nitrogens with zero attached hydrogens (tertiary/aromatic N) is 2. The monoisotopic (exact) mass is 560 g/mol. The molecule has 2 aliphatic rings. The van der Waals surface area contributed by atoms with Crippen LogP contribution >= 0.6 is 0 Å².